The van der Waals surface area contributed by atoms with E-state index >= 15 is 0 Å². The molecule has 0 radical (unpaired) electrons. The normalized spacial score (nSPS) is 22.6. The van der Waals surface area contributed by atoms with E-state index in [1.807, 2.05) is 24.9 Å². The smallest absolute Gasteiger partial charge is 0.475 e. The average molecular weight is 507 g/mol. The first-order chi connectivity index (χ1) is 15.6. The second-order valence-corrected chi connectivity index (χ2v) is 7.49. The number of hydrogen-bond donors (Lipinski definition) is 2. The lowest BCUT2D eigenvalue weighted by Crippen LogP contribution is -2.43. The molecule has 196 valence electrons. The molecule has 0 aliphatic carbocycles. The summed E-state index contributed by atoms with van der Waals surface area (Å²) in [6, 6.07) is 0.577. The summed E-state index contributed by atoms with van der Waals surface area (Å²) in [7, 11) is 1.97. The molecule has 1 aromatic heterocycles. The van der Waals surface area contributed by atoms with Crippen LogP contribution in [0.4, 0.5) is 26.3 Å². The monoisotopic (exact) mass is 507 g/mol. The zero-order valence-corrected chi connectivity index (χ0v) is 18.5. The van der Waals surface area contributed by atoms with E-state index in [2.05, 4.69) is 16.2 Å². The molecule has 0 aromatic carbocycles. The third kappa shape index (κ3) is 10.3. The molecule has 2 aliphatic heterocycles. The molecule has 9 nitrogen and oxygen atoms in total. The highest BCUT2D eigenvalue weighted by Gasteiger charge is 2.40. The van der Waals surface area contributed by atoms with Crippen molar-refractivity contribution in [3.05, 3.63) is 18.0 Å². The standard InChI is InChI=1S/C15H25N3O2.2C2HF3O2/c1-3-19-11-13-4-5-14-15(20-13)6-7-18(14)10-12-8-16-17(2)9-12;2*3-2(4,5)1(6)7/h8-9,13-15H,3-7,10-11H2,1-2H3;2*(H,6,7)/t13-,14-,15-;;/m0../s1. The summed E-state index contributed by atoms with van der Waals surface area (Å²) < 4.78 is 77.0. The lowest BCUT2D eigenvalue weighted by molar-refractivity contribution is -0.193. The number of aromatic nitrogens is 2. The quantitative estimate of drug-likeness (QED) is 0.585. The summed E-state index contributed by atoms with van der Waals surface area (Å²) in [5.74, 6) is -5.51. The van der Waals surface area contributed by atoms with E-state index in [0.29, 0.717) is 18.2 Å². The molecular formula is C19H27F6N3O6. The second kappa shape index (κ2) is 12.9. The number of carboxylic acid groups (broad SMARTS) is 2. The van der Waals surface area contributed by atoms with Crippen LogP contribution in [0.2, 0.25) is 0 Å². The van der Waals surface area contributed by atoms with Crippen molar-refractivity contribution in [1.29, 1.82) is 0 Å². The van der Waals surface area contributed by atoms with Gasteiger partial charge in [0.1, 0.15) is 0 Å². The maximum Gasteiger partial charge on any atom is 0.490 e. The summed E-state index contributed by atoms with van der Waals surface area (Å²) in [6.07, 6.45) is -1.91. The maximum absolute atomic E-state index is 10.6. The van der Waals surface area contributed by atoms with Crippen LogP contribution in [0.1, 0.15) is 31.7 Å². The number of carboxylic acids is 2. The number of aliphatic carboxylic acids is 2. The van der Waals surface area contributed by atoms with Crippen molar-refractivity contribution < 1.29 is 55.6 Å². The van der Waals surface area contributed by atoms with Crippen LogP contribution >= 0.6 is 0 Å². The fourth-order valence-corrected chi connectivity index (χ4v) is 3.44. The summed E-state index contributed by atoms with van der Waals surface area (Å²) in [5, 5.41) is 18.5. The number of nitrogens with zero attached hydrogens (tertiary/aromatic N) is 3. The van der Waals surface area contributed by atoms with Gasteiger partial charge in [0.25, 0.3) is 0 Å². The number of hydrogen-bond acceptors (Lipinski definition) is 6. The van der Waals surface area contributed by atoms with Crippen molar-refractivity contribution >= 4 is 11.9 Å². The Morgan fingerprint density at radius 1 is 1.12 bits per heavy atom. The molecular weight excluding hydrogens is 480 g/mol. The van der Waals surface area contributed by atoms with Crippen LogP contribution in [0.25, 0.3) is 0 Å². The summed E-state index contributed by atoms with van der Waals surface area (Å²) in [4.78, 5) is 20.3. The molecule has 34 heavy (non-hydrogen) atoms. The van der Waals surface area contributed by atoms with Crippen LogP contribution in [0, 0.1) is 0 Å². The maximum atomic E-state index is 10.6. The minimum Gasteiger partial charge on any atom is -0.475 e. The van der Waals surface area contributed by atoms with Gasteiger partial charge in [0, 0.05) is 44.5 Å². The highest BCUT2D eigenvalue weighted by atomic mass is 19.4. The molecule has 3 atom stereocenters. The summed E-state index contributed by atoms with van der Waals surface area (Å²) in [6.45, 7) is 5.69. The Balaban J connectivity index is 0.000000343. The van der Waals surface area contributed by atoms with Gasteiger partial charge in [0.15, 0.2) is 0 Å². The zero-order valence-electron chi connectivity index (χ0n) is 18.5. The Kier molecular flexibility index (Phi) is 11.2. The lowest BCUT2D eigenvalue weighted by atomic mass is 9.99. The first-order valence-corrected chi connectivity index (χ1v) is 10.2. The fraction of sp³-hybridized carbons (Fsp3) is 0.737. The molecule has 0 amide bonds. The van der Waals surface area contributed by atoms with Crippen molar-refractivity contribution in [1.82, 2.24) is 14.7 Å². The van der Waals surface area contributed by atoms with Crippen LogP contribution in [0.5, 0.6) is 0 Å². The van der Waals surface area contributed by atoms with Gasteiger partial charge in [0.05, 0.1) is 25.0 Å². The van der Waals surface area contributed by atoms with Crippen molar-refractivity contribution in [3.8, 4) is 0 Å². The fourth-order valence-electron chi connectivity index (χ4n) is 3.44. The number of carbonyl (C=O) groups is 2. The van der Waals surface area contributed by atoms with Crippen LogP contribution in [-0.4, -0.2) is 87.2 Å². The van der Waals surface area contributed by atoms with Crippen LogP contribution in [0.15, 0.2) is 12.4 Å². The Labute approximate surface area is 191 Å². The van der Waals surface area contributed by atoms with Gasteiger partial charge in [-0.15, -0.1) is 0 Å². The molecule has 3 rings (SSSR count). The predicted molar refractivity (Wildman–Crippen MR) is 104 cm³/mol. The van der Waals surface area contributed by atoms with Gasteiger partial charge in [-0.25, -0.2) is 9.59 Å². The lowest BCUT2D eigenvalue weighted by Gasteiger charge is -2.35. The number of aryl methyl sites for hydroxylation is 1. The molecule has 1 aromatic rings. The van der Waals surface area contributed by atoms with Gasteiger partial charge >= 0.3 is 24.3 Å². The number of halogens is 6. The van der Waals surface area contributed by atoms with Gasteiger partial charge in [0.2, 0.25) is 0 Å². The Hall–Kier alpha value is -2.39. The summed E-state index contributed by atoms with van der Waals surface area (Å²) in [5.41, 5.74) is 1.30. The number of alkyl halides is 6. The highest BCUT2D eigenvalue weighted by Crippen LogP contribution is 2.32. The van der Waals surface area contributed by atoms with Gasteiger partial charge in [-0.3, -0.25) is 9.58 Å². The van der Waals surface area contributed by atoms with Crippen molar-refractivity contribution in [3.63, 3.8) is 0 Å². The second-order valence-electron chi connectivity index (χ2n) is 7.49. The van der Waals surface area contributed by atoms with E-state index in [0.717, 1.165) is 39.1 Å². The number of fused-ring (bicyclic) bond motifs is 1. The topological polar surface area (TPSA) is 114 Å². The first-order valence-electron chi connectivity index (χ1n) is 10.2. The Bertz CT molecular complexity index is 761. The molecule has 0 spiro atoms. The van der Waals surface area contributed by atoms with Crippen molar-refractivity contribution in [2.45, 2.75) is 63.3 Å². The van der Waals surface area contributed by atoms with Crippen molar-refractivity contribution in [2.75, 3.05) is 19.8 Å². The molecule has 15 heteroatoms. The average Bonchev–Trinajstić information content (AvgIpc) is 3.31. The Morgan fingerprint density at radius 3 is 2.12 bits per heavy atom. The highest BCUT2D eigenvalue weighted by molar-refractivity contribution is 5.73. The first kappa shape index (κ1) is 29.6. The van der Waals surface area contributed by atoms with E-state index in [1.54, 1.807) is 0 Å². The third-order valence-electron chi connectivity index (χ3n) is 4.89. The van der Waals surface area contributed by atoms with Gasteiger partial charge in [-0.05, 0) is 26.2 Å². The largest absolute Gasteiger partial charge is 0.490 e. The minimum atomic E-state index is -5.08. The summed E-state index contributed by atoms with van der Waals surface area (Å²) >= 11 is 0. The van der Waals surface area contributed by atoms with E-state index in [9.17, 15) is 26.3 Å². The van der Waals surface area contributed by atoms with Crippen LogP contribution in [0.3, 0.4) is 0 Å². The third-order valence-corrected chi connectivity index (χ3v) is 4.89. The molecule has 2 fully saturated rings. The minimum absolute atomic E-state index is 0.301. The van der Waals surface area contributed by atoms with E-state index in [1.165, 1.54) is 12.0 Å². The van der Waals surface area contributed by atoms with E-state index in [4.69, 9.17) is 29.3 Å². The molecule has 0 bridgehead atoms. The Morgan fingerprint density at radius 2 is 1.68 bits per heavy atom. The van der Waals surface area contributed by atoms with Gasteiger partial charge in [-0.1, -0.05) is 0 Å². The van der Waals surface area contributed by atoms with Crippen molar-refractivity contribution in [2.24, 2.45) is 7.05 Å². The molecule has 2 aliphatic rings. The van der Waals surface area contributed by atoms with Crippen LogP contribution < -0.4 is 0 Å². The number of likely N-dealkylation sites (tertiary alicyclic amines) is 1. The van der Waals surface area contributed by atoms with E-state index in [-0.39, 0.29) is 0 Å². The van der Waals surface area contributed by atoms with Gasteiger partial charge < -0.3 is 19.7 Å². The number of ether oxygens (including phenoxy) is 2. The molecule has 0 saturated carbocycles. The molecule has 2 saturated heterocycles. The molecule has 0 unspecified atom stereocenters. The molecule has 2 N–H and O–H groups in total. The predicted octanol–water partition coefficient (Wildman–Crippen LogP) is 2.85. The van der Waals surface area contributed by atoms with Gasteiger partial charge in [-0.2, -0.15) is 31.4 Å². The molecule has 3 heterocycles. The SMILES string of the molecule is CCOC[C@@H]1CC[C@H]2[C@H](CCN2Cc2cnn(C)c2)O1.O=C(O)C(F)(F)F.O=C(O)C(F)(F)F. The number of rotatable bonds is 5. The van der Waals surface area contributed by atoms with E-state index < -0.39 is 24.3 Å². The van der Waals surface area contributed by atoms with Crippen LogP contribution in [-0.2, 0) is 32.7 Å². The zero-order chi connectivity index (χ0) is 26.1.